The van der Waals surface area contributed by atoms with Crippen LogP contribution in [0.4, 0.5) is 0 Å². The third-order valence-electron chi connectivity index (χ3n) is 0.969. The van der Waals surface area contributed by atoms with Gasteiger partial charge in [0.15, 0.2) is 0 Å². The van der Waals surface area contributed by atoms with Crippen LogP contribution < -0.4 is 5.73 Å². The number of H-pyrrole nitrogens is 1. The number of imidazole rings is 1. The van der Waals surface area contributed by atoms with Crippen molar-refractivity contribution in [3.05, 3.63) is 18.2 Å². The van der Waals surface area contributed by atoms with Crippen LogP contribution in [0.2, 0.25) is 0 Å². The predicted molar refractivity (Wildman–Crippen MR) is 37.1 cm³/mol. The van der Waals surface area contributed by atoms with Crippen molar-refractivity contribution in [1.82, 2.24) is 9.97 Å². The molecule has 0 fully saturated rings. The van der Waals surface area contributed by atoms with E-state index in [1.54, 1.807) is 12.5 Å². The molecule has 0 spiro atoms. The molecular weight excluding hydrogens is 142 g/mol. The molecule has 0 saturated heterocycles. The van der Waals surface area contributed by atoms with Gasteiger partial charge in [0, 0.05) is 18.3 Å². The molecule has 0 unspecified atom stereocenters. The van der Waals surface area contributed by atoms with Crippen molar-refractivity contribution in [3.63, 3.8) is 0 Å². The van der Waals surface area contributed by atoms with E-state index in [0.717, 1.165) is 12.1 Å². The van der Waals surface area contributed by atoms with Gasteiger partial charge >= 0.3 is 37.7 Å². The predicted octanol–water partition coefficient (Wildman–Crippen LogP) is -0.470. The van der Waals surface area contributed by atoms with Crippen molar-refractivity contribution in [2.75, 3.05) is 6.54 Å². The van der Waals surface area contributed by atoms with E-state index < -0.39 is 0 Å². The molecule has 1 aromatic rings. The third-order valence-corrected chi connectivity index (χ3v) is 0.969. The largest absolute Gasteiger partial charge is 2.00 e. The van der Waals surface area contributed by atoms with E-state index in [2.05, 4.69) is 9.97 Å². The fourth-order valence-electron chi connectivity index (χ4n) is 0.577. The summed E-state index contributed by atoms with van der Waals surface area (Å²) in [6, 6.07) is 0. The standard InChI is InChI=1S/C5H9N3.Ca/c6-2-1-5-3-7-4-8-5;/h3-4H,1-2,6H2,(H,7,8);/q;+2. The summed E-state index contributed by atoms with van der Waals surface area (Å²) in [5.41, 5.74) is 6.38. The molecule has 0 saturated carbocycles. The molecule has 0 bridgehead atoms. The average Bonchev–Trinajstić information content (AvgIpc) is 2.19. The Kier molecular flexibility index (Phi) is 5.48. The molecule has 0 radical (unpaired) electrons. The molecule has 1 rings (SSSR count). The molecule has 0 aliphatic heterocycles. The summed E-state index contributed by atoms with van der Waals surface area (Å²) in [5, 5.41) is 0. The third kappa shape index (κ3) is 3.20. The van der Waals surface area contributed by atoms with Crippen molar-refractivity contribution in [3.8, 4) is 0 Å². The molecule has 1 heterocycles. The zero-order valence-corrected chi connectivity index (χ0v) is 7.51. The molecule has 1 aromatic heterocycles. The van der Waals surface area contributed by atoms with Crippen LogP contribution in [0.25, 0.3) is 0 Å². The summed E-state index contributed by atoms with van der Waals surface area (Å²) >= 11 is 0. The molecule has 3 nitrogen and oxygen atoms in total. The second-order valence-corrected chi connectivity index (χ2v) is 1.62. The number of aromatic nitrogens is 2. The van der Waals surface area contributed by atoms with Crippen molar-refractivity contribution in [2.45, 2.75) is 6.42 Å². The maximum absolute atomic E-state index is 5.27. The molecule has 44 valence electrons. The first-order valence-corrected chi connectivity index (χ1v) is 2.61. The van der Waals surface area contributed by atoms with Gasteiger partial charge in [-0.25, -0.2) is 4.98 Å². The number of nitrogens with zero attached hydrogens (tertiary/aromatic N) is 1. The fourth-order valence-corrected chi connectivity index (χ4v) is 0.577. The molecular formula is C5H9CaN3+2. The number of hydrogen-bond acceptors (Lipinski definition) is 2. The molecule has 0 atom stereocenters. The van der Waals surface area contributed by atoms with Gasteiger partial charge in [-0.1, -0.05) is 0 Å². The summed E-state index contributed by atoms with van der Waals surface area (Å²) in [4.78, 5) is 6.78. The monoisotopic (exact) mass is 151 g/mol. The van der Waals surface area contributed by atoms with Crippen molar-refractivity contribution in [1.29, 1.82) is 0 Å². The van der Waals surface area contributed by atoms with Gasteiger partial charge in [0.2, 0.25) is 0 Å². The van der Waals surface area contributed by atoms with Gasteiger partial charge in [0.25, 0.3) is 0 Å². The van der Waals surface area contributed by atoms with Crippen LogP contribution >= 0.6 is 0 Å². The number of nitrogens with two attached hydrogens (primary N) is 1. The van der Waals surface area contributed by atoms with Gasteiger partial charge in [-0.05, 0) is 6.54 Å². The van der Waals surface area contributed by atoms with E-state index >= 15 is 0 Å². The minimum atomic E-state index is 0. The Hall–Kier alpha value is 0.430. The van der Waals surface area contributed by atoms with Crippen LogP contribution in [-0.2, 0) is 6.42 Å². The topological polar surface area (TPSA) is 54.7 Å². The first-order chi connectivity index (χ1) is 3.93. The normalized spacial score (nSPS) is 8.56. The number of hydrogen-bond donors (Lipinski definition) is 2. The van der Waals surface area contributed by atoms with E-state index in [0.29, 0.717) is 6.54 Å². The van der Waals surface area contributed by atoms with Gasteiger partial charge in [-0.15, -0.1) is 0 Å². The quantitative estimate of drug-likeness (QED) is 0.561. The molecule has 0 amide bonds. The maximum Gasteiger partial charge on any atom is 2.00 e. The Morgan fingerprint density at radius 2 is 2.44 bits per heavy atom. The first kappa shape index (κ1) is 9.43. The second kappa shape index (κ2) is 5.23. The number of rotatable bonds is 2. The van der Waals surface area contributed by atoms with Crippen LogP contribution in [0.5, 0.6) is 0 Å². The molecule has 9 heavy (non-hydrogen) atoms. The zero-order valence-electron chi connectivity index (χ0n) is 5.30. The minimum Gasteiger partial charge on any atom is -0.348 e. The van der Waals surface area contributed by atoms with E-state index in [-0.39, 0.29) is 37.7 Å². The smallest absolute Gasteiger partial charge is 0.348 e. The van der Waals surface area contributed by atoms with Crippen molar-refractivity contribution >= 4 is 37.7 Å². The maximum atomic E-state index is 5.27. The SMILES string of the molecule is NCCc1cnc[nH]1.[Ca+2]. The van der Waals surface area contributed by atoms with Crippen LogP contribution in [0.3, 0.4) is 0 Å². The summed E-state index contributed by atoms with van der Waals surface area (Å²) in [6.45, 7) is 0.683. The first-order valence-electron chi connectivity index (χ1n) is 2.61. The Bertz CT molecular complexity index is 138. The molecule has 0 aromatic carbocycles. The Morgan fingerprint density at radius 3 is 2.89 bits per heavy atom. The van der Waals surface area contributed by atoms with E-state index in [1.807, 2.05) is 0 Å². The second-order valence-electron chi connectivity index (χ2n) is 1.62. The number of nitrogens with one attached hydrogen (secondary N) is 1. The van der Waals surface area contributed by atoms with Gasteiger partial charge < -0.3 is 10.7 Å². The van der Waals surface area contributed by atoms with Gasteiger partial charge in [0.1, 0.15) is 0 Å². The van der Waals surface area contributed by atoms with E-state index in [9.17, 15) is 0 Å². The van der Waals surface area contributed by atoms with Crippen LogP contribution in [0.15, 0.2) is 12.5 Å². The molecule has 3 N–H and O–H groups in total. The Labute approximate surface area is 84.0 Å². The average molecular weight is 151 g/mol. The van der Waals surface area contributed by atoms with Crippen LogP contribution in [-0.4, -0.2) is 54.3 Å². The van der Waals surface area contributed by atoms with E-state index in [1.165, 1.54) is 0 Å². The van der Waals surface area contributed by atoms with Crippen LogP contribution in [0, 0.1) is 0 Å². The Morgan fingerprint density at radius 1 is 1.67 bits per heavy atom. The molecule has 4 heteroatoms. The summed E-state index contributed by atoms with van der Waals surface area (Å²) < 4.78 is 0. The van der Waals surface area contributed by atoms with Crippen molar-refractivity contribution in [2.24, 2.45) is 5.73 Å². The zero-order chi connectivity index (χ0) is 5.82. The summed E-state index contributed by atoms with van der Waals surface area (Å²) in [5.74, 6) is 0. The minimum absolute atomic E-state index is 0. The van der Waals surface area contributed by atoms with E-state index in [4.69, 9.17) is 5.73 Å². The van der Waals surface area contributed by atoms with Gasteiger partial charge in [0.05, 0.1) is 6.33 Å². The summed E-state index contributed by atoms with van der Waals surface area (Å²) in [7, 11) is 0. The van der Waals surface area contributed by atoms with Gasteiger partial charge in [-0.2, -0.15) is 0 Å². The molecule has 0 aliphatic carbocycles. The fraction of sp³-hybridized carbons (Fsp3) is 0.400. The summed E-state index contributed by atoms with van der Waals surface area (Å²) in [6.07, 6.45) is 4.33. The number of aromatic amines is 1. The van der Waals surface area contributed by atoms with Gasteiger partial charge in [-0.3, -0.25) is 0 Å². The van der Waals surface area contributed by atoms with Crippen molar-refractivity contribution < 1.29 is 0 Å². The molecule has 0 aliphatic rings. The van der Waals surface area contributed by atoms with Crippen LogP contribution in [0.1, 0.15) is 5.69 Å². The Balaban J connectivity index is 0.000000640.